The fourth-order valence-electron chi connectivity index (χ4n) is 3.94. The highest BCUT2D eigenvalue weighted by atomic mass is 32.2. The molecule has 1 aromatic carbocycles. The highest BCUT2D eigenvalue weighted by molar-refractivity contribution is 8.23. The first-order chi connectivity index (χ1) is 13.9. The van der Waals surface area contributed by atoms with Crippen LogP contribution in [0.2, 0.25) is 0 Å². The first kappa shape index (κ1) is 20.5. The third-order valence-corrected chi connectivity index (χ3v) is 8.35. The summed E-state index contributed by atoms with van der Waals surface area (Å²) in [4.78, 5) is 38.2. The van der Waals surface area contributed by atoms with Crippen molar-refractivity contribution in [1.82, 2.24) is 10.2 Å². The number of carbonyl (C=O) groups is 3. The SMILES string of the molecule is CC[C@H](O)[C@@H]1C(=O)N2C(C(=O)O)=C(S[C@@H]3CNC(C(=O)c4ccccc4)C3)S[C@H]12. The summed E-state index contributed by atoms with van der Waals surface area (Å²) in [6.07, 6.45) is 0.272. The second-order valence-electron chi connectivity index (χ2n) is 7.33. The van der Waals surface area contributed by atoms with Crippen molar-refractivity contribution in [3.8, 4) is 0 Å². The summed E-state index contributed by atoms with van der Waals surface area (Å²) in [5.41, 5.74) is 0.662. The molecule has 2 saturated heterocycles. The van der Waals surface area contributed by atoms with Gasteiger partial charge in [0.05, 0.1) is 22.3 Å². The van der Waals surface area contributed by atoms with E-state index in [4.69, 9.17) is 0 Å². The number of fused-ring (bicyclic) bond motifs is 1. The van der Waals surface area contributed by atoms with E-state index in [1.807, 2.05) is 18.2 Å². The third-order valence-electron chi connectivity index (χ3n) is 5.52. The van der Waals surface area contributed by atoms with Crippen LogP contribution in [0.4, 0.5) is 0 Å². The number of ketones is 1. The fourth-order valence-corrected chi connectivity index (χ4v) is 7.21. The summed E-state index contributed by atoms with van der Waals surface area (Å²) in [5, 5.41) is 22.7. The first-order valence-corrected chi connectivity index (χ1v) is 11.3. The maximum Gasteiger partial charge on any atom is 0.354 e. The Kier molecular flexibility index (Phi) is 5.74. The van der Waals surface area contributed by atoms with E-state index in [1.165, 1.54) is 28.4 Å². The number of hydrogen-bond acceptors (Lipinski definition) is 7. The molecule has 0 saturated carbocycles. The number of aliphatic hydroxyl groups excluding tert-OH is 1. The van der Waals surface area contributed by atoms with Gasteiger partial charge in [-0.05, 0) is 12.8 Å². The van der Waals surface area contributed by atoms with Crippen LogP contribution in [-0.4, -0.2) is 62.1 Å². The van der Waals surface area contributed by atoms with Gasteiger partial charge in [-0.25, -0.2) is 4.79 Å². The van der Waals surface area contributed by atoms with Crippen LogP contribution < -0.4 is 5.32 Å². The minimum atomic E-state index is -1.14. The summed E-state index contributed by atoms with van der Waals surface area (Å²) in [7, 11) is 0. The van der Waals surface area contributed by atoms with Crippen molar-refractivity contribution in [3.63, 3.8) is 0 Å². The number of Topliss-reactive ketones (excluding diaryl/α,β-unsaturated/α-hetero) is 1. The van der Waals surface area contributed by atoms with E-state index in [0.29, 0.717) is 29.2 Å². The molecule has 0 bridgehead atoms. The standard InChI is InChI=1S/C20H22N2O5S2/c1-2-13(23)14-17(25)22-15(19(26)27)20(29-18(14)22)28-11-8-12(21-9-11)16(24)10-6-4-3-5-7-10/h3-7,11-14,18,21,23H,2,8-9H2,1H3,(H,26,27)/t11-,12?,13-,14+,18+/m0/s1. The number of rotatable bonds is 7. The number of amides is 1. The summed E-state index contributed by atoms with van der Waals surface area (Å²) in [6.45, 7) is 2.39. The highest BCUT2D eigenvalue weighted by Gasteiger charge is 2.58. The number of β-lactam (4-membered cyclic amide) rings is 1. The molecule has 0 radical (unpaired) electrons. The number of nitrogens with one attached hydrogen (secondary N) is 1. The van der Waals surface area contributed by atoms with Crippen LogP contribution in [-0.2, 0) is 9.59 Å². The maximum absolute atomic E-state index is 12.6. The number of aliphatic hydroxyl groups is 1. The molecule has 7 nitrogen and oxygen atoms in total. The van der Waals surface area contributed by atoms with Crippen LogP contribution >= 0.6 is 23.5 Å². The molecular formula is C20H22N2O5S2. The summed E-state index contributed by atoms with van der Waals surface area (Å²) >= 11 is 2.75. The second kappa shape index (κ2) is 8.14. The molecule has 5 atom stereocenters. The number of nitrogens with zero attached hydrogens (tertiary/aromatic N) is 1. The lowest BCUT2D eigenvalue weighted by atomic mass is 9.90. The number of thioether (sulfide) groups is 2. The third kappa shape index (κ3) is 3.61. The molecule has 1 unspecified atom stereocenters. The van der Waals surface area contributed by atoms with E-state index in [9.17, 15) is 24.6 Å². The molecule has 29 heavy (non-hydrogen) atoms. The van der Waals surface area contributed by atoms with Gasteiger partial charge in [-0.3, -0.25) is 14.5 Å². The Morgan fingerprint density at radius 2 is 2.07 bits per heavy atom. The van der Waals surface area contributed by atoms with Crippen molar-refractivity contribution in [2.45, 2.75) is 42.5 Å². The van der Waals surface area contributed by atoms with Crippen molar-refractivity contribution in [2.75, 3.05) is 6.54 Å². The Balaban J connectivity index is 1.45. The molecule has 3 aliphatic heterocycles. The Morgan fingerprint density at radius 3 is 2.72 bits per heavy atom. The minimum absolute atomic E-state index is 0.00684. The van der Waals surface area contributed by atoms with E-state index in [-0.39, 0.29) is 34.1 Å². The average Bonchev–Trinajstić information content (AvgIpc) is 3.31. The summed E-state index contributed by atoms with van der Waals surface area (Å²) in [6, 6.07) is 8.80. The zero-order chi connectivity index (χ0) is 20.7. The normalized spacial score (nSPS) is 29.6. The van der Waals surface area contributed by atoms with E-state index in [2.05, 4.69) is 5.32 Å². The zero-order valence-electron chi connectivity index (χ0n) is 15.8. The largest absolute Gasteiger partial charge is 0.477 e. The van der Waals surface area contributed by atoms with Gasteiger partial charge in [0, 0.05) is 17.4 Å². The predicted octanol–water partition coefficient (Wildman–Crippen LogP) is 1.89. The molecule has 4 rings (SSSR count). The summed E-state index contributed by atoms with van der Waals surface area (Å²) < 4.78 is 0.585. The van der Waals surface area contributed by atoms with Crippen LogP contribution in [0.5, 0.6) is 0 Å². The smallest absolute Gasteiger partial charge is 0.354 e. The lowest BCUT2D eigenvalue weighted by Crippen LogP contribution is -2.61. The lowest BCUT2D eigenvalue weighted by molar-refractivity contribution is -0.157. The fraction of sp³-hybridized carbons (Fsp3) is 0.450. The molecular weight excluding hydrogens is 412 g/mol. The molecule has 1 amide bonds. The molecule has 3 aliphatic rings. The van der Waals surface area contributed by atoms with E-state index in [1.54, 1.807) is 19.1 Å². The van der Waals surface area contributed by atoms with E-state index < -0.39 is 18.0 Å². The van der Waals surface area contributed by atoms with Crippen molar-refractivity contribution in [3.05, 3.63) is 45.8 Å². The van der Waals surface area contributed by atoms with Crippen LogP contribution in [0, 0.1) is 5.92 Å². The zero-order valence-corrected chi connectivity index (χ0v) is 17.4. The monoisotopic (exact) mass is 434 g/mol. The van der Waals surface area contributed by atoms with Gasteiger partial charge in [0.2, 0.25) is 5.91 Å². The molecule has 0 aromatic heterocycles. The van der Waals surface area contributed by atoms with Gasteiger partial charge in [0.1, 0.15) is 5.37 Å². The van der Waals surface area contributed by atoms with Gasteiger partial charge in [0.15, 0.2) is 11.5 Å². The van der Waals surface area contributed by atoms with Crippen LogP contribution in [0.25, 0.3) is 0 Å². The van der Waals surface area contributed by atoms with E-state index >= 15 is 0 Å². The van der Waals surface area contributed by atoms with Crippen molar-refractivity contribution in [1.29, 1.82) is 0 Å². The van der Waals surface area contributed by atoms with Crippen LogP contribution in [0.3, 0.4) is 0 Å². The molecule has 0 spiro atoms. The van der Waals surface area contributed by atoms with Crippen molar-refractivity contribution < 1.29 is 24.6 Å². The topological polar surface area (TPSA) is 107 Å². The second-order valence-corrected chi connectivity index (χ2v) is 10.0. The number of hydrogen-bond donors (Lipinski definition) is 3. The predicted molar refractivity (Wildman–Crippen MR) is 111 cm³/mol. The van der Waals surface area contributed by atoms with Gasteiger partial charge in [-0.1, -0.05) is 49.0 Å². The number of carbonyl (C=O) groups excluding carboxylic acids is 2. The number of benzene rings is 1. The van der Waals surface area contributed by atoms with Gasteiger partial charge >= 0.3 is 5.97 Å². The van der Waals surface area contributed by atoms with Gasteiger partial charge in [-0.2, -0.15) is 0 Å². The minimum Gasteiger partial charge on any atom is -0.477 e. The molecule has 2 fully saturated rings. The first-order valence-electron chi connectivity index (χ1n) is 9.57. The molecule has 3 heterocycles. The molecule has 0 aliphatic carbocycles. The van der Waals surface area contributed by atoms with Crippen molar-refractivity contribution >= 4 is 41.2 Å². The van der Waals surface area contributed by atoms with Gasteiger partial charge < -0.3 is 15.5 Å². The van der Waals surface area contributed by atoms with E-state index in [0.717, 1.165) is 0 Å². The molecule has 154 valence electrons. The Morgan fingerprint density at radius 1 is 1.34 bits per heavy atom. The number of carboxylic acid groups (broad SMARTS) is 1. The van der Waals surface area contributed by atoms with Gasteiger partial charge in [-0.15, -0.1) is 11.8 Å². The Labute approximate surface area is 176 Å². The van der Waals surface area contributed by atoms with Gasteiger partial charge in [0.25, 0.3) is 0 Å². The Bertz CT molecular complexity index is 875. The average molecular weight is 435 g/mol. The lowest BCUT2D eigenvalue weighted by Gasteiger charge is -2.44. The quantitative estimate of drug-likeness (QED) is 0.441. The maximum atomic E-state index is 12.6. The van der Waals surface area contributed by atoms with Crippen LogP contribution in [0.1, 0.15) is 30.1 Å². The molecule has 9 heteroatoms. The summed E-state index contributed by atoms with van der Waals surface area (Å²) in [5.74, 6) is -1.99. The highest BCUT2D eigenvalue weighted by Crippen LogP contribution is 2.55. The van der Waals surface area contributed by atoms with Crippen molar-refractivity contribution in [2.24, 2.45) is 5.92 Å². The number of aliphatic carboxylic acids is 1. The molecule has 1 aromatic rings. The van der Waals surface area contributed by atoms with Crippen LogP contribution in [0.15, 0.2) is 40.3 Å². The Hall–Kier alpha value is -1.81. The number of carboxylic acids is 1. The molecule has 3 N–H and O–H groups in total.